The Balaban J connectivity index is 2.07. The van der Waals surface area contributed by atoms with Crippen LogP contribution >= 0.6 is 11.6 Å². The Bertz CT molecular complexity index is 1380. The number of halogens is 1. The number of methoxy groups -OCH3 is 1. The van der Waals surface area contributed by atoms with Gasteiger partial charge in [0.25, 0.3) is 10.0 Å². The zero-order chi connectivity index (χ0) is 28.6. The molecular weight excluding hydrogens is 538 g/mol. The van der Waals surface area contributed by atoms with Gasteiger partial charge in [0.15, 0.2) is 0 Å². The lowest BCUT2D eigenvalue weighted by Crippen LogP contribution is -2.52. The summed E-state index contributed by atoms with van der Waals surface area (Å²) in [6.45, 7) is 5.35. The lowest BCUT2D eigenvalue weighted by atomic mass is 10.1. The molecule has 0 aliphatic rings. The summed E-state index contributed by atoms with van der Waals surface area (Å²) in [6.07, 6.45) is 0.346. The number of aryl methyl sites for hydroxylation is 1. The molecule has 0 aliphatic carbocycles. The van der Waals surface area contributed by atoms with Crippen LogP contribution in [0.1, 0.15) is 31.4 Å². The highest BCUT2D eigenvalue weighted by atomic mass is 35.5. The zero-order valence-corrected chi connectivity index (χ0v) is 24.1. The first kappa shape index (κ1) is 30.0. The van der Waals surface area contributed by atoms with Gasteiger partial charge < -0.3 is 15.0 Å². The van der Waals surface area contributed by atoms with Crippen molar-refractivity contribution in [2.24, 2.45) is 0 Å². The van der Waals surface area contributed by atoms with Crippen molar-refractivity contribution in [1.82, 2.24) is 10.2 Å². The molecule has 0 heterocycles. The third kappa shape index (κ3) is 7.30. The van der Waals surface area contributed by atoms with E-state index in [0.717, 1.165) is 9.87 Å². The van der Waals surface area contributed by atoms with E-state index in [4.69, 9.17) is 16.3 Å². The number of likely N-dealkylation sites (N-methyl/N-ethyl adjacent to an activating group) is 1. The van der Waals surface area contributed by atoms with Gasteiger partial charge in [-0.1, -0.05) is 48.9 Å². The standard InChI is InChI=1S/C29H34ClN3O5S/c1-5-26(29(35)31-6-2)32(19-22-12-15-24(38-4)16-13-22)28(34)20-33(27-17-14-23(30)18-21(27)3)39(36,37)25-10-8-7-9-11-25/h7-18,26H,5-6,19-20H2,1-4H3,(H,31,35). The number of sulfonamides is 1. The molecule has 1 atom stereocenters. The molecule has 208 valence electrons. The van der Waals surface area contributed by atoms with Crippen molar-refractivity contribution in [3.8, 4) is 5.75 Å². The van der Waals surface area contributed by atoms with E-state index in [9.17, 15) is 18.0 Å². The van der Waals surface area contributed by atoms with Gasteiger partial charge in [0.1, 0.15) is 18.3 Å². The maximum absolute atomic E-state index is 14.0. The number of nitrogens with zero attached hydrogens (tertiary/aromatic N) is 2. The Morgan fingerprint density at radius 2 is 1.67 bits per heavy atom. The molecule has 39 heavy (non-hydrogen) atoms. The van der Waals surface area contributed by atoms with Gasteiger partial charge in [-0.25, -0.2) is 8.42 Å². The second kappa shape index (κ2) is 13.5. The molecule has 0 saturated carbocycles. The van der Waals surface area contributed by atoms with Gasteiger partial charge in [0.2, 0.25) is 11.8 Å². The average Bonchev–Trinajstić information content (AvgIpc) is 2.93. The first-order valence-corrected chi connectivity index (χ1v) is 14.5. The minimum atomic E-state index is -4.14. The van der Waals surface area contributed by atoms with Crippen molar-refractivity contribution in [2.75, 3.05) is 24.5 Å². The van der Waals surface area contributed by atoms with Crippen molar-refractivity contribution in [3.63, 3.8) is 0 Å². The van der Waals surface area contributed by atoms with Crippen LogP contribution in [0.3, 0.4) is 0 Å². The number of hydrogen-bond acceptors (Lipinski definition) is 5. The average molecular weight is 572 g/mol. The van der Waals surface area contributed by atoms with Crippen LogP contribution < -0.4 is 14.4 Å². The summed E-state index contributed by atoms with van der Waals surface area (Å²) in [5.41, 5.74) is 1.69. The third-order valence-corrected chi connectivity index (χ3v) is 8.30. The van der Waals surface area contributed by atoms with Crippen molar-refractivity contribution in [1.29, 1.82) is 0 Å². The van der Waals surface area contributed by atoms with E-state index in [1.807, 2.05) is 19.1 Å². The van der Waals surface area contributed by atoms with E-state index < -0.39 is 28.5 Å². The number of anilines is 1. The molecule has 0 spiro atoms. The number of carbonyl (C=O) groups is 2. The smallest absolute Gasteiger partial charge is 0.264 e. The molecule has 0 radical (unpaired) electrons. The molecule has 1 unspecified atom stereocenters. The Labute approximate surface area is 235 Å². The molecule has 0 bridgehead atoms. The largest absolute Gasteiger partial charge is 0.497 e. The number of hydrogen-bond donors (Lipinski definition) is 1. The lowest BCUT2D eigenvalue weighted by molar-refractivity contribution is -0.140. The minimum absolute atomic E-state index is 0.0459. The quantitative estimate of drug-likeness (QED) is 0.337. The highest BCUT2D eigenvalue weighted by Gasteiger charge is 2.34. The molecule has 8 nitrogen and oxygen atoms in total. The summed E-state index contributed by atoms with van der Waals surface area (Å²) in [5.74, 6) is -0.162. The summed E-state index contributed by atoms with van der Waals surface area (Å²) < 4.78 is 34.0. The predicted octanol–water partition coefficient (Wildman–Crippen LogP) is 4.80. The fraction of sp³-hybridized carbons (Fsp3) is 0.310. The molecule has 0 fully saturated rings. The van der Waals surface area contributed by atoms with E-state index >= 15 is 0 Å². The molecule has 10 heteroatoms. The van der Waals surface area contributed by atoms with Gasteiger partial charge in [-0.2, -0.15) is 0 Å². The Morgan fingerprint density at radius 1 is 1.00 bits per heavy atom. The fourth-order valence-electron chi connectivity index (χ4n) is 4.27. The number of nitrogens with one attached hydrogen (secondary N) is 1. The normalized spacial score (nSPS) is 11.9. The van der Waals surface area contributed by atoms with Crippen LogP contribution in [-0.4, -0.2) is 51.4 Å². The molecule has 0 saturated heterocycles. The SMILES string of the molecule is CCNC(=O)C(CC)N(Cc1ccc(OC)cc1)C(=O)CN(c1ccc(Cl)cc1C)S(=O)(=O)c1ccccc1. The maximum Gasteiger partial charge on any atom is 0.264 e. The van der Waals surface area contributed by atoms with E-state index in [-0.39, 0.29) is 17.3 Å². The molecule has 3 aromatic carbocycles. The van der Waals surface area contributed by atoms with Crippen LogP contribution in [0.5, 0.6) is 5.75 Å². The number of benzene rings is 3. The highest BCUT2D eigenvalue weighted by molar-refractivity contribution is 7.92. The Morgan fingerprint density at radius 3 is 2.23 bits per heavy atom. The van der Waals surface area contributed by atoms with E-state index in [0.29, 0.717) is 35.0 Å². The summed E-state index contributed by atoms with van der Waals surface area (Å²) in [4.78, 5) is 28.5. The van der Waals surface area contributed by atoms with Gasteiger partial charge in [-0.3, -0.25) is 13.9 Å². The first-order valence-electron chi connectivity index (χ1n) is 12.7. The van der Waals surface area contributed by atoms with E-state index in [1.54, 1.807) is 69.5 Å². The molecule has 3 aromatic rings. The van der Waals surface area contributed by atoms with Crippen molar-refractivity contribution in [3.05, 3.63) is 88.9 Å². The molecular formula is C29H34ClN3O5S. The van der Waals surface area contributed by atoms with Crippen LogP contribution in [0, 0.1) is 6.92 Å². The number of ether oxygens (including phenoxy) is 1. The molecule has 0 aromatic heterocycles. The molecule has 0 aliphatic heterocycles. The topological polar surface area (TPSA) is 96.0 Å². The van der Waals surface area contributed by atoms with Gasteiger partial charge in [-0.15, -0.1) is 0 Å². The van der Waals surface area contributed by atoms with Crippen molar-refractivity contribution >= 4 is 39.1 Å². The molecule has 2 amide bonds. The summed E-state index contributed by atoms with van der Waals surface area (Å²) in [5, 5.41) is 3.24. The molecule has 1 N–H and O–H groups in total. The van der Waals surface area contributed by atoms with Gasteiger partial charge in [0.05, 0.1) is 17.7 Å². The third-order valence-electron chi connectivity index (χ3n) is 6.29. The lowest BCUT2D eigenvalue weighted by Gasteiger charge is -2.33. The highest BCUT2D eigenvalue weighted by Crippen LogP contribution is 2.29. The van der Waals surface area contributed by atoms with Crippen LogP contribution in [0.2, 0.25) is 5.02 Å². The van der Waals surface area contributed by atoms with Gasteiger partial charge in [-0.05, 0) is 73.9 Å². The second-order valence-corrected chi connectivity index (χ2v) is 11.2. The van der Waals surface area contributed by atoms with Gasteiger partial charge >= 0.3 is 0 Å². The van der Waals surface area contributed by atoms with Gasteiger partial charge in [0, 0.05) is 18.1 Å². The van der Waals surface area contributed by atoms with Crippen molar-refractivity contribution < 1.29 is 22.7 Å². The fourth-order valence-corrected chi connectivity index (χ4v) is 6.00. The van der Waals surface area contributed by atoms with Crippen LogP contribution in [0.25, 0.3) is 0 Å². The minimum Gasteiger partial charge on any atom is -0.497 e. The summed E-state index contributed by atoms with van der Waals surface area (Å²) in [7, 11) is -2.57. The second-order valence-electron chi connectivity index (χ2n) is 8.94. The monoisotopic (exact) mass is 571 g/mol. The Kier molecular flexibility index (Phi) is 10.4. The number of amides is 2. The number of carbonyl (C=O) groups excluding carboxylic acids is 2. The molecule has 3 rings (SSSR count). The predicted molar refractivity (Wildman–Crippen MR) is 153 cm³/mol. The zero-order valence-electron chi connectivity index (χ0n) is 22.6. The van der Waals surface area contributed by atoms with E-state index in [2.05, 4.69) is 5.32 Å². The maximum atomic E-state index is 14.0. The van der Waals surface area contributed by atoms with Crippen LogP contribution in [0.15, 0.2) is 77.7 Å². The first-order chi connectivity index (χ1) is 18.6. The summed E-state index contributed by atoms with van der Waals surface area (Å²) >= 11 is 6.15. The Hall–Kier alpha value is -3.56. The van der Waals surface area contributed by atoms with E-state index in [1.165, 1.54) is 17.0 Å². The van der Waals surface area contributed by atoms with Crippen molar-refractivity contribution in [2.45, 2.75) is 44.7 Å². The number of rotatable bonds is 12. The van der Waals surface area contributed by atoms with Crippen LogP contribution in [-0.2, 0) is 26.2 Å². The summed E-state index contributed by atoms with van der Waals surface area (Å²) in [6, 6.07) is 19.1. The van der Waals surface area contributed by atoms with Crippen LogP contribution in [0.4, 0.5) is 5.69 Å².